The Kier molecular flexibility index (Phi) is 3.99. The summed E-state index contributed by atoms with van der Waals surface area (Å²) in [5.74, 6) is 0.475. The number of ether oxygens (including phenoxy) is 1. The summed E-state index contributed by atoms with van der Waals surface area (Å²) >= 11 is 0. The maximum Gasteiger partial charge on any atom is 0.266 e. The number of aromatic nitrogens is 1. The Morgan fingerprint density at radius 2 is 2.42 bits per heavy atom. The molecule has 6 nitrogen and oxygen atoms in total. The number of nitrogens with one attached hydrogen (secondary N) is 1. The molecule has 1 aromatic heterocycles. The van der Waals surface area contributed by atoms with E-state index in [-0.39, 0.29) is 31.0 Å². The summed E-state index contributed by atoms with van der Waals surface area (Å²) in [6, 6.07) is 3.55. The number of pyridine rings is 1. The van der Waals surface area contributed by atoms with Gasteiger partial charge in [0.1, 0.15) is 6.54 Å². The van der Waals surface area contributed by atoms with Gasteiger partial charge in [0.15, 0.2) is 18.2 Å². The Labute approximate surface area is 111 Å². The second-order valence-corrected chi connectivity index (χ2v) is 4.47. The fraction of sp³-hybridized carbons (Fsp3) is 0.462. The summed E-state index contributed by atoms with van der Waals surface area (Å²) in [5, 5.41) is 2.83. The monoisotopic (exact) mass is 263 g/mol. The van der Waals surface area contributed by atoms with Crippen LogP contribution in [0.5, 0.6) is 5.75 Å². The largest absolute Gasteiger partial charge is 0.480 e. The summed E-state index contributed by atoms with van der Waals surface area (Å²) in [4.78, 5) is 29.2. The van der Waals surface area contributed by atoms with Crippen LogP contribution in [0.25, 0.3) is 0 Å². The highest BCUT2D eigenvalue weighted by atomic mass is 16.5. The summed E-state index contributed by atoms with van der Waals surface area (Å²) in [7, 11) is 0. The highest BCUT2D eigenvalue weighted by Gasteiger charge is 2.28. The first-order chi connectivity index (χ1) is 9.11. The van der Waals surface area contributed by atoms with E-state index in [2.05, 4.69) is 10.3 Å². The molecule has 0 aliphatic carbocycles. The molecule has 2 heterocycles. The average Bonchev–Trinajstić information content (AvgIpc) is 2.42. The van der Waals surface area contributed by atoms with Crippen LogP contribution in [0.4, 0.5) is 5.82 Å². The summed E-state index contributed by atoms with van der Waals surface area (Å²) in [5.41, 5.74) is 0. The SMILES string of the molecule is CCC(C)NC(=O)CN1C(=O)COc2cccnc21. The van der Waals surface area contributed by atoms with Gasteiger partial charge in [-0.15, -0.1) is 0 Å². The Morgan fingerprint density at radius 1 is 1.63 bits per heavy atom. The van der Waals surface area contributed by atoms with Gasteiger partial charge in [0.25, 0.3) is 5.91 Å². The molecule has 0 fully saturated rings. The summed E-state index contributed by atoms with van der Waals surface area (Å²) < 4.78 is 5.26. The zero-order valence-electron chi connectivity index (χ0n) is 11.0. The molecular weight excluding hydrogens is 246 g/mol. The van der Waals surface area contributed by atoms with Crippen LogP contribution in [0.2, 0.25) is 0 Å². The van der Waals surface area contributed by atoms with Crippen molar-refractivity contribution in [2.75, 3.05) is 18.1 Å². The molecule has 102 valence electrons. The van der Waals surface area contributed by atoms with Gasteiger partial charge >= 0.3 is 0 Å². The predicted molar refractivity (Wildman–Crippen MR) is 70.0 cm³/mol. The van der Waals surface area contributed by atoms with Gasteiger partial charge in [-0.05, 0) is 25.5 Å². The molecule has 0 aromatic carbocycles. The number of fused-ring (bicyclic) bond motifs is 1. The molecule has 0 bridgehead atoms. The van der Waals surface area contributed by atoms with E-state index in [9.17, 15) is 9.59 Å². The van der Waals surface area contributed by atoms with Crippen LogP contribution in [-0.2, 0) is 9.59 Å². The quantitative estimate of drug-likeness (QED) is 0.869. The number of anilines is 1. The van der Waals surface area contributed by atoms with Crippen molar-refractivity contribution >= 4 is 17.6 Å². The maximum absolute atomic E-state index is 11.9. The van der Waals surface area contributed by atoms with Crippen LogP contribution >= 0.6 is 0 Å². The molecule has 19 heavy (non-hydrogen) atoms. The van der Waals surface area contributed by atoms with Crippen molar-refractivity contribution in [3.05, 3.63) is 18.3 Å². The van der Waals surface area contributed by atoms with Crippen molar-refractivity contribution in [1.82, 2.24) is 10.3 Å². The second kappa shape index (κ2) is 5.69. The molecule has 1 aromatic rings. The molecule has 1 atom stereocenters. The number of nitrogens with zero attached hydrogens (tertiary/aromatic N) is 2. The summed E-state index contributed by atoms with van der Waals surface area (Å²) in [6.45, 7) is 3.82. The minimum atomic E-state index is -0.259. The molecule has 2 amide bonds. The van der Waals surface area contributed by atoms with Crippen molar-refractivity contribution in [2.45, 2.75) is 26.3 Å². The van der Waals surface area contributed by atoms with Crippen molar-refractivity contribution < 1.29 is 14.3 Å². The van der Waals surface area contributed by atoms with Crippen molar-refractivity contribution in [3.63, 3.8) is 0 Å². The molecule has 0 saturated carbocycles. The van der Waals surface area contributed by atoms with Crippen molar-refractivity contribution in [1.29, 1.82) is 0 Å². The van der Waals surface area contributed by atoms with Crippen molar-refractivity contribution in [3.8, 4) is 5.75 Å². The number of rotatable bonds is 4. The highest BCUT2D eigenvalue weighted by molar-refractivity contribution is 6.01. The smallest absolute Gasteiger partial charge is 0.266 e. The first kappa shape index (κ1) is 13.3. The number of carbonyl (C=O) groups excluding carboxylic acids is 2. The van der Waals surface area contributed by atoms with Crippen LogP contribution in [0, 0.1) is 0 Å². The van der Waals surface area contributed by atoms with E-state index in [4.69, 9.17) is 4.74 Å². The van der Waals surface area contributed by atoms with Crippen LogP contribution in [-0.4, -0.2) is 36.0 Å². The first-order valence-corrected chi connectivity index (χ1v) is 6.29. The standard InChI is InChI=1S/C13H17N3O3/c1-3-9(2)15-11(17)7-16-12(18)8-19-10-5-4-6-14-13(10)16/h4-6,9H,3,7-8H2,1-2H3,(H,15,17). The van der Waals surface area contributed by atoms with Gasteiger partial charge in [-0.1, -0.05) is 6.92 Å². The van der Waals surface area contributed by atoms with E-state index in [1.54, 1.807) is 18.3 Å². The van der Waals surface area contributed by atoms with Gasteiger partial charge in [0.05, 0.1) is 0 Å². The van der Waals surface area contributed by atoms with Gasteiger partial charge in [0.2, 0.25) is 5.91 Å². The number of hydrogen-bond donors (Lipinski definition) is 1. The topological polar surface area (TPSA) is 71.5 Å². The number of amides is 2. The summed E-state index contributed by atoms with van der Waals surface area (Å²) in [6.07, 6.45) is 2.41. The Bertz CT molecular complexity index is 490. The Balaban J connectivity index is 2.11. The minimum Gasteiger partial charge on any atom is -0.480 e. The zero-order chi connectivity index (χ0) is 13.8. The normalized spacial score (nSPS) is 15.5. The fourth-order valence-corrected chi connectivity index (χ4v) is 1.76. The van der Waals surface area contributed by atoms with E-state index in [1.807, 2.05) is 13.8 Å². The molecule has 0 spiro atoms. The van der Waals surface area contributed by atoms with Crippen LogP contribution in [0.1, 0.15) is 20.3 Å². The van der Waals surface area contributed by atoms with E-state index in [0.29, 0.717) is 11.6 Å². The van der Waals surface area contributed by atoms with Crippen LogP contribution in [0.15, 0.2) is 18.3 Å². The molecule has 2 rings (SSSR count). The van der Waals surface area contributed by atoms with Crippen molar-refractivity contribution in [2.24, 2.45) is 0 Å². The third-order valence-corrected chi connectivity index (χ3v) is 2.98. The molecular formula is C13H17N3O3. The average molecular weight is 263 g/mol. The van der Waals surface area contributed by atoms with Gasteiger partial charge in [0, 0.05) is 12.2 Å². The minimum absolute atomic E-state index is 0.0312. The van der Waals surface area contributed by atoms with Gasteiger partial charge in [-0.3, -0.25) is 14.5 Å². The predicted octanol–water partition coefficient (Wildman–Crippen LogP) is 0.722. The molecule has 0 radical (unpaired) electrons. The lowest BCUT2D eigenvalue weighted by Crippen LogP contribution is -2.47. The Morgan fingerprint density at radius 3 is 3.16 bits per heavy atom. The van der Waals surface area contributed by atoms with Gasteiger partial charge in [-0.25, -0.2) is 4.98 Å². The van der Waals surface area contributed by atoms with Crippen LogP contribution < -0.4 is 15.0 Å². The number of hydrogen-bond acceptors (Lipinski definition) is 4. The van der Waals surface area contributed by atoms with Gasteiger partial charge < -0.3 is 10.1 Å². The van der Waals surface area contributed by atoms with E-state index >= 15 is 0 Å². The second-order valence-electron chi connectivity index (χ2n) is 4.47. The first-order valence-electron chi connectivity index (χ1n) is 6.29. The maximum atomic E-state index is 11.9. The molecule has 1 aliphatic heterocycles. The third-order valence-electron chi connectivity index (χ3n) is 2.98. The lowest BCUT2D eigenvalue weighted by molar-refractivity contribution is -0.125. The van der Waals surface area contributed by atoms with E-state index in [0.717, 1.165) is 6.42 Å². The van der Waals surface area contributed by atoms with Crippen LogP contribution in [0.3, 0.4) is 0 Å². The lowest BCUT2D eigenvalue weighted by atomic mass is 10.2. The van der Waals surface area contributed by atoms with E-state index < -0.39 is 0 Å². The molecule has 6 heteroatoms. The highest BCUT2D eigenvalue weighted by Crippen LogP contribution is 2.28. The zero-order valence-corrected chi connectivity index (χ0v) is 11.0. The molecule has 1 N–H and O–H groups in total. The molecule has 1 unspecified atom stereocenters. The van der Waals surface area contributed by atoms with Gasteiger partial charge in [-0.2, -0.15) is 0 Å². The van der Waals surface area contributed by atoms with E-state index in [1.165, 1.54) is 4.90 Å². The lowest BCUT2D eigenvalue weighted by Gasteiger charge is -2.27. The number of carbonyl (C=O) groups is 2. The Hall–Kier alpha value is -2.11. The molecule has 1 aliphatic rings. The third kappa shape index (κ3) is 3.01. The fourth-order valence-electron chi connectivity index (χ4n) is 1.76. The molecule has 0 saturated heterocycles.